The number of para-hydroxylation sites is 1. The van der Waals surface area contributed by atoms with Gasteiger partial charge in [-0.3, -0.25) is 0 Å². The van der Waals surface area contributed by atoms with Crippen molar-refractivity contribution in [2.75, 3.05) is 25.1 Å². The van der Waals surface area contributed by atoms with E-state index in [4.69, 9.17) is 14.2 Å². The van der Waals surface area contributed by atoms with Crippen LogP contribution in [0.1, 0.15) is 40.2 Å². The van der Waals surface area contributed by atoms with Gasteiger partial charge in [0.05, 0.1) is 36.6 Å². The molecule has 3 heterocycles. The summed E-state index contributed by atoms with van der Waals surface area (Å²) in [6.45, 7) is 10.9. The van der Waals surface area contributed by atoms with Crippen LogP contribution in [-0.4, -0.2) is 41.4 Å². The van der Waals surface area contributed by atoms with Gasteiger partial charge < -0.3 is 19.5 Å². The minimum Gasteiger partial charge on any atom is -0.492 e. The molecule has 1 N–H and O–H groups in total. The quantitative estimate of drug-likeness (QED) is 0.485. The van der Waals surface area contributed by atoms with E-state index in [9.17, 15) is 9.59 Å². The van der Waals surface area contributed by atoms with Crippen LogP contribution in [0.4, 0.5) is 5.69 Å². The summed E-state index contributed by atoms with van der Waals surface area (Å²) >= 11 is 4.33. The molecule has 176 valence electrons. The highest BCUT2D eigenvalue weighted by molar-refractivity contribution is 8.25. The van der Waals surface area contributed by atoms with E-state index in [1.807, 2.05) is 30.5 Å². The Bertz CT molecular complexity index is 1090. The van der Waals surface area contributed by atoms with E-state index in [0.717, 1.165) is 27.5 Å². The van der Waals surface area contributed by atoms with Crippen LogP contribution >= 0.6 is 35.3 Å². The SMILES string of the molecule is CCOC(=O)C1=CS[C@@]2(S1)C(C(=O)OCC)=CSC1=C2c2cccc(OCC)c2NC1(C)C. The van der Waals surface area contributed by atoms with Crippen molar-refractivity contribution in [1.82, 2.24) is 0 Å². The number of esters is 2. The Balaban J connectivity index is 1.91. The van der Waals surface area contributed by atoms with Crippen LogP contribution in [0.2, 0.25) is 0 Å². The molecule has 1 atom stereocenters. The fourth-order valence-electron chi connectivity index (χ4n) is 4.06. The Morgan fingerprint density at radius 2 is 1.73 bits per heavy atom. The van der Waals surface area contributed by atoms with Crippen LogP contribution in [0.25, 0.3) is 5.57 Å². The van der Waals surface area contributed by atoms with E-state index < -0.39 is 9.62 Å². The number of nitrogens with one attached hydrogen (secondary N) is 1. The maximum atomic E-state index is 13.1. The lowest BCUT2D eigenvalue weighted by Crippen LogP contribution is -2.42. The van der Waals surface area contributed by atoms with Gasteiger partial charge in [-0.1, -0.05) is 35.7 Å². The second-order valence-electron chi connectivity index (χ2n) is 7.97. The molecule has 0 radical (unpaired) electrons. The van der Waals surface area contributed by atoms with Crippen LogP contribution in [0, 0.1) is 0 Å². The molecule has 33 heavy (non-hydrogen) atoms. The van der Waals surface area contributed by atoms with Crippen molar-refractivity contribution in [2.45, 2.75) is 44.2 Å². The maximum absolute atomic E-state index is 13.1. The fourth-order valence-corrected chi connectivity index (χ4v) is 8.51. The van der Waals surface area contributed by atoms with Crippen molar-refractivity contribution >= 4 is 58.5 Å². The zero-order valence-electron chi connectivity index (χ0n) is 19.3. The molecule has 0 aromatic heterocycles. The molecule has 1 spiro atoms. The average molecular weight is 506 g/mol. The molecule has 9 heteroatoms. The fraction of sp³-hybridized carbons (Fsp3) is 0.417. The van der Waals surface area contributed by atoms with Gasteiger partial charge in [-0.15, -0.1) is 11.8 Å². The third-order valence-electron chi connectivity index (χ3n) is 5.36. The highest BCUT2D eigenvalue weighted by atomic mass is 32.2. The van der Waals surface area contributed by atoms with Crippen molar-refractivity contribution in [1.29, 1.82) is 0 Å². The number of benzene rings is 1. The summed E-state index contributed by atoms with van der Waals surface area (Å²) < 4.78 is 15.8. The monoisotopic (exact) mass is 505 g/mol. The predicted molar refractivity (Wildman–Crippen MR) is 137 cm³/mol. The molecule has 1 aromatic carbocycles. The zero-order chi connectivity index (χ0) is 23.8. The van der Waals surface area contributed by atoms with Crippen molar-refractivity contribution in [3.63, 3.8) is 0 Å². The lowest BCUT2D eigenvalue weighted by atomic mass is 9.85. The van der Waals surface area contributed by atoms with Crippen LogP contribution in [-0.2, 0) is 19.1 Å². The molecule has 0 amide bonds. The van der Waals surface area contributed by atoms with Gasteiger partial charge in [0, 0.05) is 16.0 Å². The van der Waals surface area contributed by atoms with Crippen molar-refractivity contribution < 1.29 is 23.8 Å². The van der Waals surface area contributed by atoms with E-state index in [-0.39, 0.29) is 25.2 Å². The summed E-state index contributed by atoms with van der Waals surface area (Å²) in [6.07, 6.45) is 0. The number of carbonyl (C=O) groups excluding carboxylic acids is 2. The first kappa shape index (κ1) is 24.2. The van der Waals surface area contributed by atoms with E-state index >= 15 is 0 Å². The predicted octanol–water partition coefficient (Wildman–Crippen LogP) is 5.78. The van der Waals surface area contributed by atoms with Gasteiger partial charge in [-0.2, -0.15) is 0 Å². The molecule has 4 rings (SSSR count). The minimum absolute atomic E-state index is 0.272. The third kappa shape index (κ3) is 4.08. The van der Waals surface area contributed by atoms with Gasteiger partial charge in [0.1, 0.15) is 14.7 Å². The lowest BCUT2D eigenvalue weighted by molar-refractivity contribution is -0.139. The van der Waals surface area contributed by atoms with Gasteiger partial charge in [-0.05, 0) is 51.5 Å². The Labute approximate surface area is 206 Å². The number of fused-ring (bicyclic) bond motifs is 3. The normalized spacial score (nSPS) is 22.6. The summed E-state index contributed by atoms with van der Waals surface area (Å²) in [5, 5.41) is 7.32. The largest absolute Gasteiger partial charge is 0.492 e. The summed E-state index contributed by atoms with van der Waals surface area (Å²) in [6, 6.07) is 5.94. The first-order chi connectivity index (χ1) is 15.8. The van der Waals surface area contributed by atoms with Crippen molar-refractivity contribution in [3.05, 3.63) is 50.0 Å². The topological polar surface area (TPSA) is 73.9 Å². The molecule has 0 saturated carbocycles. The molecule has 6 nitrogen and oxygen atoms in total. The van der Waals surface area contributed by atoms with Gasteiger partial charge >= 0.3 is 11.9 Å². The summed E-state index contributed by atoms with van der Waals surface area (Å²) in [5.74, 6) is -0.00515. The van der Waals surface area contributed by atoms with E-state index in [0.29, 0.717) is 17.1 Å². The smallest absolute Gasteiger partial charge is 0.345 e. The second kappa shape index (κ2) is 9.35. The maximum Gasteiger partial charge on any atom is 0.345 e. The van der Waals surface area contributed by atoms with Crippen molar-refractivity contribution in [3.8, 4) is 5.75 Å². The highest BCUT2D eigenvalue weighted by Crippen LogP contribution is 2.67. The summed E-state index contributed by atoms with van der Waals surface area (Å²) in [5.41, 5.74) is 2.93. The van der Waals surface area contributed by atoms with Gasteiger partial charge in [0.25, 0.3) is 0 Å². The molecule has 1 aromatic rings. The molecule has 3 aliphatic heterocycles. The Morgan fingerprint density at radius 3 is 2.42 bits per heavy atom. The molecule has 0 unspecified atom stereocenters. The molecule has 0 bridgehead atoms. The molecular formula is C24H27NO5S3. The highest BCUT2D eigenvalue weighted by Gasteiger charge is 2.55. The van der Waals surface area contributed by atoms with Gasteiger partial charge in [0.15, 0.2) is 0 Å². The van der Waals surface area contributed by atoms with Gasteiger partial charge in [0.2, 0.25) is 0 Å². The number of hydrogen-bond acceptors (Lipinski definition) is 9. The van der Waals surface area contributed by atoms with Crippen LogP contribution in [0.15, 0.2) is 44.4 Å². The Hall–Kier alpha value is -1.97. The van der Waals surface area contributed by atoms with Crippen LogP contribution in [0.5, 0.6) is 5.75 Å². The lowest BCUT2D eigenvalue weighted by Gasteiger charge is -2.45. The minimum atomic E-state index is -0.867. The van der Waals surface area contributed by atoms with Crippen LogP contribution in [0.3, 0.4) is 0 Å². The molecule has 0 saturated heterocycles. The Kier molecular flexibility index (Phi) is 6.85. The number of thioether (sulfide) groups is 3. The summed E-state index contributed by atoms with van der Waals surface area (Å²) in [7, 11) is 0. The van der Waals surface area contributed by atoms with E-state index in [1.54, 1.807) is 19.3 Å². The van der Waals surface area contributed by atoms with Crippen LogP contribution < -0.4 is 10.1 Å². The molecule has 3 aliphatic rings. The van der Waals surface area contributed by atoms with E-state index in [2.05, 4.69) is 19.2 Å². The first-order valence-electron chi connectivity index (χ1n) is 10.9. The zero-order valence-corrected chi connectivity index (χ0v) is 21.7. The molecular weight excluding hydrogens is 478 g/mol. The second-order valence-corrected chi connectivity index (χ2v) is 11.5. The first-order valence-corrected chi connectivity index (χ1v) is 13.4. The Morgan fingerprint density at radius 1 is 1.00 bits per heavy atom. The number of rotatable bonds is 6. The molecule has 0 fully saturated rings. The third-order valence-corrected chi connectivity index (χ3v) is 9.68. The standard InChI is InChI=1S/C24H27NO5S3/c1-6-28-16-11-9-10-14-18-20(23(4,5)25-19(14)16)31-12-15(21(26)29-7-2)24(18)32-13-17(33-24)22(27)30-8-3/h9-13,25H,6-8H2,1-5H3/t24-/m1/s1. The number of ether oxygens (including phenoxy) is 3. The average Bonchev–Trinajstić information content (AvgIpc) is 3.20. The molecule has 0 aliphatic carbocycles. The summed E-state index contributed by atoms with van der Waals surface area (Å²) in [4.78, 5) is 27.4. The van der Waals surface area contributed by atoms with Crippen molar-refractivity contribution in [2.24, 2.45) is 0 Å². The van der Waals surface area contributed by atoms with Gasteiger partial charge in [-0.25, -0.2) is 9.59 Å². The van der Waals surface area contributed by atoms with E-state index in [1.165, 1.54) is 35.3 Å². The number of hydrogen-bond donors (Lipinski definition) is 1. The number of carbonyl (C=O) groups is 2. The number of anilines is 1.